The zero-order chi connectivity index (χ0) is 21.4. The number of sulfone groups is 1. The number of benzene rings is 1. The number of rotatable bonds is 3. The molecule has 7 nitrogen and oxygen atoms in total. The molecular formula is C22H32N2O5S. The molecule has 0 N–H and O–H groups in total. The zero-order valence-electron chi connectivity index (χ0n) is 17.9. The maximum absolute atomic E-state index is 13.3. The molecule has 2 unspecified atom stereocenters. The second kappa shape index (κ2) is 8.38. The lowest BCUT2D eigenvalue weighted by molar-refractivity contribution is -0.135. The van der Waals surface area contributed by atoms with Crippen LogP contribution in [0.25, 0.3) is 0 Å². The molecule has 4 rings (SSSR count). The second-order valence-corrected chi connectivity index (χ2v) is 11.4. The van der Waals surface area contributed by atoms with Crippen LogP contribution in [-0.2, 0) is 21.2 Å². The summed E-state index contributed by atoms with van der Waals surface area (Å²) in [6.45, 7) is 2.95. The fourth-order valence-electron chi connectivity index (χ4n) is 4.93. The van der Waals surface area contributed by atoms with Gasteiger partial charge in [0.25, 0.3) is 0 Å². The van der Waals surface area contributed by atoms with Gasteiger partial charge in [0.1, 0.15) is 17.1 Å². The Labute approximate surface area is 179 Å². The van der Waals surface area contributed by atoms with Crippen LogP contribution in [0.15, 0.2) is 18.2 Å². The maximum Gasteiger partial charge on any atom is 0.223 e. The van der Waals surface area contributed by atoms with Crippen molar-refractivity contribution in [1.82, 2.24) is 9.80 Å². The number of fused-ring (bicyclic) bond motifs is 1. The standard InChI is InChI=1S/C22H32N2O5S/c1-23-9-3-7-22(8-10-23)16-24(21(25)12-17-6-11-30(26,27)15-17)14-18-13-19(28-2)4-5-20(18)29-22/h4-5,13,17H,3,6-12,14-16H2,1-2H3. The number of likely N-dealkylation sites (tertiary alicyclic amines) is 1. The van der Waals surface area contributed by atoms with E-state index in [9.17, 15) is 13.2 Å². The molecule has 30 heavy (non-hydrogen) atoms. The third-order valence-corrected chi connectivity index (χ3v) is 8.54. The number of carbonyl (C=O) groups is 1. The van der Waals surface area contributed by atoms with E-state index < -0.39 is 15.4 Å². The second-order valence-electron chi connectivity index (χ2n) is 9.14. The number of hydrogen-bond donors (Lipinski definition) is 0. The molecule has 0 saturated carbocycles. The average Bonchev–Trinajstić information content (AvgIpc) is 2.86. The molecule has 166 valence electrons. The molecule has 0 bridgehead atoms. The number of methoxy groups -OCH3 is 1. The highest BCUT2D eigenvalue weighted by atomic mass is 32.2. The summed E-state index contributed by atoms with van der Waals surface area (Å²) in [6, 6.07) is 5.79. The minimum atomic E-state index is -2.99. The molecule has 2 fully saturated rings. The monoisotopic (exact) mass is 436 g/mol. The molecule has 0 radical (unpaired) electrons. The van der Waals surface area contributed by atoms with Gasteiger partial charge in [-0.15, -0.1) is 0 Å². The molecule has 3 aliphatic heterocycles. The Morgan fingerprint density at radius 2 is 2.13 bits per heavy atom. The Hall–Kier alpha value is -1.80. The molecular weight excluding hydrogens is 404 g/mol. The van der Waals surface area contributed by atoms with Gasteiger partial charge in [0.2, 0.25) is 5.91 Å². The summed E-state index contributed by atoms with van der Waals surface area (Å²) in [5, 5.41) is 0. The van der Waals surface area contributed by atoms with Crippen molar-refractivity contribution >= 4 is 15.7 Å². The van der Waals surface area contributed by atoms with E-state index in [-0.39, 0.29) is 29.8 Å². The predicted octanol–water partition coefficient (Wildman–Crippen LogP) is 2.10. The summed E-state index contributed by atoms with van der Waals surface area (Å²) in [5.74, 6) is 1.83. The van der Waals surface area contributed by atoms with Crippen molar-refractivity contribution in [2.24, 2.45) is 5.92 Å². The van der Waals surface area contributed by atoms with E-state index in [1.165, 1.54) is 0 Å². The lowest BCUT2D eigenvalue weighted by atomic mass is 9.93. The molecule has 1 aromatic rings. The van der Waals surface area contributed by atoms with Crippen LogP contribution >= 0.6 is 0 Å². The topological polar surface area (TPSA) is 76.2 Å². The van der Waals surface area contributed by atoms with Crippen LogP contribution in [-0.4, -0.2) is 75.0 Å². The van der Waals surface area contributed by atoms with Crippen LogP contribution in [0, 0.1) is 5.92 Å². The number of nitrogens with zero attached hydrogens (tertiary/aromatic N) is 2. The minimum Gasteiger partial charge on any atom is -0.497 e. The highest BCUT2D eigenvalue weighted by Crippen LogP contribution is 2.37. The van der Waals surface area contributed by atoms with Gasteiger partial charge >= 0.3 is 0 Å². The van der Waals surface area contributed by atoms with E-state index >= 15 is 0 Å². The summed E-state index contributed by atoms with van der Waals surface area (Å²) in [5.41, 5.74) is 0.526. The Morgan fingerprint density at radius 1 is 1.30 bits per heavy atom. The first-order valence-corrected chi connectivity index (χ1v) is 12.6. The van der Waals surface area contributed by atoms with Crippen LogP contribution in [0.1, 0.15) is 37.7 Å². The van der Waals surface area contributed by atoms with Crippen LogP contribution in [0.2, 0.25) is 0 Å². The predicted molar refractivity (Wildman–Crippen MR) is 114 cm³/mol. The average molecular weight is 437 g/mol. The molecule has 8 heteroatoms. The fourth-order valence-corrected chi connectivity index (χ4v) is 6.79. The van der Waals surface area contributed by atoms with Gasteiger partial charge in [-0.25, -0.2) is 8.42 Å². The molecule has 1 spiro atoms. The third kappa shape index (κ3) is 4.75. The van der Waals surface area contributed by atoms with Crippen molar-refractivity contribution in [3.63, 3.8) is 0 Å². The quantitative estimate of drug-likeness (QED) is 0.722. The first-order valence-electron chi connectivity index (χ1n) is 10.8. The Morgan fingerprint density at radius 3 is 2.87 bits per heavy atom. The Kier molecular flexibility index (Phi) is 5.99. The van der Waals surface area contributed by atoms with Crippen LogP contribution < -0.4 is 9.47 Å². The zero-order valence-corrected chi connectivity index (χ0v) is 18.7. The van der Waals surface area contributed by atoms with Gasteiger partial charge in [-0.05, 0) is 57.0 Å². The smallest absolute Gasteiger partial charge is 0.223 e. The molecule has 1 aromatic carbocycles. The van der Waals surface area contributed by atoms with E-state index in [1.54, 1.807) is 7.11 Å². The van der Waals surface area contributed by atoms with Crippen molar-refractivity contribution in [3.8, 4) is 11.5 Å². The number of ether oxygens (including phenoxy) is 2. The maximum atomic E-state index is 13.3. The summed E-state index contributed by atoms with van der Waals surface area (Å²) < 4.78 is 35.7. The van der Waals surface area contributed by atoms with Crippen molar-refractivity contribution in [2.45, 2.75) is 44.2 Å². The van der Waals surface area contributed by atoms with E-state index in [2.05, 4.69) is 11.9 Å². The molecule has 0 aliphatic carbocycles. The van der Waals surface area contributed by atoms with Gasteiger partial charge in [-0.3, -0.25) is 4.79 Å². The van der Waals surface area contributed by atoms with E-state index in [0.29, 0.717) is 19.5 Å². The molecule has 0 aromatic heterocycles. The molecule has 1 amide bonds. The number of amides is 1. The van der Waals surface area contributed by atoms with Crippen LogP contribution in [0.3, 0.4) is 0 Å². The highest BCUT2D eigenvalue weighted by molar-refractivity contribution is 7.91. The lowest BCUT2D eigenvalue weighted by Crippen LogP contribution is -2.48. The molecule has 3 aliphatic rings. The minimum absolute atomic E-state index is 0.0216. The fraction of sp³-hybridized carbons (Fsp3) is 0.682. The highest BCUT2D eigenvalue weighted by Gasteiger charge is 2.41. The number of hydrogen-bond acceptors (Lipinski definition) is 6. The van der Waals surface area contributed by atoms with Crippen molar-refractivity contribution < 1.29 is 22.7 Å². The van der Waals surface area contributed by atoms with E-state index in [0.717, 1.165) is 49.4 Å². The van der Waals surface area contributed by atoms with Gasteiger partial charge in [0.05, 0.1) is 25.2 Å². The van der Waals surface area contributed by atoms with Gasteiger partial charge in [-0.2, -0.15) is 0 Å². The largest absolute Gasteiger partial charge is 0.497 e. The van der Waals surface area contributed by atoms with Gasteiger partial charge < -0.3 is 19.3 Å². The van der Waals surface area contributed by atoms with Gasteiger partial charge in [0, 0.05) is 31.5 Å². The number of carbonyl (C=O) groups excluding carboxylic acids is 1. The Balaban J connectivity index is 1.60. The molecule has 3 heterocycles. The first kappa shape index (κ1) is 21.4. The summed E-state index contributed by atoms with van der Waals surface area (Å²) in [6.07, 6.45) is 3.64. The van der Waals surface area contributed by atoms with Crippen LogP contribution in [0.5, 0.6) is 11.5 Å². The summed E-state index contributed by atoms with van der Waals surface area (Å²) >= 11 is 0. The normalized spacial score (nSPS) is 29.0. The summed E-state index contributed by atoms with van der Waals surface area (Å²) in [7, 11) is 0.761. The summed E-state index contributed by atoms with van der Waals surface area (Å²) in [4.78, 5) is 17.5. The molecule has 2 saturated heterocycles. The third-order valence-electron chi connectivity index (χ3n) is 6.70. The van der Waals surface area contributed by atoms with Crippen LogP contribution in [0.4, 0.5) is 0 Å². The SMILES string of the molecule is COc1ccc2c(c1)CN(C(=O)CC1CCS(=O)(=O)C1)CC1(CCCN(C)CC1)O2. The van der Waals surface area contributed by atoms with Gasteiger partial charge in [-0.1, -0.05) is 0 Å². The van der Waals surface area contributed by atoms with Crippen molar-refractivity contribution in [3.05, 3.63) is 23.8 Å². The van der Waals surface area contributed by atoms with E-state index in [4.69, 9.17) is 9.47 Å². The van der Waals surface area contributed by atoms with E-state index in [1.807, 2.05) is 23.1 Å². The van der Waals surface area contributed by atoms with Crippen molar-refractivity contribution in [2.75, 3.05) is 45.3 Å². The van der Waals surface area contributed by atoms with Gasteiger partial charge in [0.15, 0.2) is 9.84 Å². The lowest BCUT2D eigenvalue weighted by Gasteiger charge is -2.36. The van der Waals surface area contributed by atoms with Crippen molar-refractivity contribution in [1.29, 1.82) is 0 Å². The Bertz CT molecular complexity index is 903. The first-order chi connectivity index (χ1) is 14.3. The molecule has 2 atom stereocenters.